The van der Waals surface area contributed by atoms with Gasteiger partial charge in [-0.15, -0.1) is 11.8 Å². The molecule has 0 amide bonds. The lowest BCUT2D eigenvalue weighted by Gasteiger charge is -2.37. The topological polar surface area (TPSA) is 0 Å². The Morgan fingerprint density at radius 1 is 0.857 bits per heavy atom. The van der Waals surface area contributed by atoms with Gasteiger partial charge in [-0.3, -0.25) is 0 Å². The highest BCUT2D eigenvalue weighted by atomic mass is 32.2. The number of thioether (sulfide) groups is 1. The summed E-state index contributed by atoms with van der Waals surface area (Å²) in [5.74, 6) is 0. The molecule has 0 N–H and O–H groups in total. The maximum Gasteiger partial charge on any atom is 0.0943 e. The van der Waals surface area contributed by atoms with Crippen molar-refractivity contribution in [2.45, 2.75) is 30.5 Å². The minimum absolute atomic E-state index is 0.783. The Bertz CT molecular complexity index is 557. The smallest absolute Gasteiger partial charge is 0.0943 e. The molecule has 2 aromatic rings. The largest absolute Gasteiger partial charge is 0.148 e. The predicted molar refractivity (Wildman–Crippen MR) is 99.4 cm³/mol. The highest BCUT2D eigenvalue weighted by Gasteiger charge is 2.46. The Kier molecular flexibility index (Phi) is 4.72. The van der Waals surface area contributed by atoms with Crippen LogP contribution in [0.4, 0.5) is 0 Å². The molecule has 3 atom stereocenters. The molecule has 3 rings (SSSR count). The van der Waals surface area contributed by atoms with Gasteiger partial charge in [-0.05, 0) is 31.5 Å². The van der Waals surface area contributed by atoms with Crippen LogP contribution in [0.5, 0.6) is 0 Å². The van der Waals surface area contributed by atoms with Crippen molar-refractivity contribution in [2.24, 2.45) is 0 Å². The van der Waals surface area contributed by atoms with Crippen LogP contribution in [0.25, 0.3) is 0 Å². The van der Waals surface area contributed by atoms with Crippen LogP contribution in [0.1, 0.15) is 19.4 Å². The van der Waals surface area contributed by atoms with Crippen LogP contribution in [-0.2, 0) is 6.16 Å². The van der Waals surface area contributed by atoms with Crippen molar-refractivity contribution in [2.75, 3.05) is 12.3 Å². The molecule has 1 heterocycles. The van der Waals surface area contributed by atoms with E-state index in [4.69, 9.17) is 0 Å². The van der Waals surface area contributed by atoms with Crippen LogP contribution in [0.2, 0.25) is 0 Å². The first-order valence-electron chi connectivity index (χ1n) is 7.79. The summed E-state index contributed by atoms with van der Waals surface area (Å²) in [6.45, 7) is 4.84. The van der Waals surface area contributed by atoms with Crippen LogP contribution in [0.3, 0.4) is 0 Å². The lowest BCUT2D eigenvalue weighted by molar-refractivity contribution is 0.999. The zero-order valence-electron chi connectivity index (χ0n) is 12.9. The maximum atomic E-state index is 2.42. The van der Waals surface area contributed by atoms with Gasteiger partial charge in [0.2, 0.25) is 0 Å². The molecular weight excluding hydrogens is 291 g/mol. The Morgan fingerprint density at radius 2 is 1.38 bits per heavy atom. The van der Waals surface area contributed by atoms with Crippen LogP contribution in [0, 0.1) is 0 Å². The van der Waals surface area contributed by atoms with Crippen LogP contribution in [0.15, 0.2) is 60.7 Å². The summed E-state index contributed by atoms with van der Waals surface area (Å²) in [5.41, 5.74) is 1.51. The van der Waals surface area contributed by atoms with Crippen molar-refractivity contribution >= 4 is 24.3 Å². The molecule has 1 fully saturated rings. The Morgan fingerprint density at radius 3 is 1.95 bits per heavy atom. The van der Waals surface area contributed by atoms with Gasteiger partial charge in [0.25, 0.3) is 0 Å². The summed E-state index contributed by atoms with van der Waals surface area (Å²) in [5, 5.41) is 3.20. The Hall–Kier alpha value is -0.780. The van der Waals surface area contributed by atoms with Crippen molar-refractivity contribution in [1.29, 1.82) is 0 Å². The van der Waals surface area contributed by atoms with E-state index in [1.165, 1.54) is 24.0 Å². The molecule has 0 nitrogen and oxygen atoms in total. The lowest BCUT2D eigenvalue weighted by Crippen LogP contribution is -2.32. The summed E-state index contributed by atoms with van der Waals surface area (Å²) in [6, 6.07) is 22.5. The molecule has 1 aliphatic heterocycles. The predicted octanol–water partition coefficient (Wildman–Crippen LogP) is 5.05. The van der Waals surface area contributed by atoms with Gasteiger partial charge in [0, 0.05) is 10.5 Å². The quantitative estimate of drug-likeness (QED) is 0.714. The molecular formula is C19H24PS+. The molecule has 2 aromatic carbocycles. The van der Waals surface area contributed by atoms with Gasteiger partial charge < -0.3 is 0 Å². The number of benzene rings is 2. The average molecular weight is 315 g/mol. The van der Waals surface area contributed by atoms with E-state index in [1.54, 1.807) is 5.30 Å². The third kappa shape index (κ3) is 3.52. The standard InChI is InChI=1S/C19H24PS/c1-16-13-20(14-17(2)21-16,19-11-7-4-8-12-19)15-18-9-5-3-6-10-18/h3-12,16-17H,13-15H2,1-2H3/q+1/t16-,17+,20?. The van der Waals surface area contributed by atoms with Gasteiger partial charge in [0.05, 0.1) is 31.1 Å². The number of hydrogen-bond acceptors (Lipinski definition) is 1. The fourth-order valence-electron chi connectivity index (χ4n) is 3.65. The third-order valence-corrected chi connectivity index (χ3v) is 10.9. The average Bonchev–Trinajstić information content (AvgIpc) is 2.48. The zero-order chi connectivity index (χ0) is 14.7. The van der Waals surface area contributed by atoms with E-state index < -0.39 is 7.26 Å². The third-order valence-electron chi connectivity index (χ3n) is 4.31. The second-order valence-corrected chi connectivity index (χ2v) is 12.0. The van der Waals surface area contributed by atoms with E-state index in [9.17, 15) is 0 Å². The van der Waals surface area contributed by atoms with E-state index in [-0.39, 0.29) is 0 Å². The van der Waals surface area contributed by atoms with Crippen molar-refractivity contribution in [3.8, 4) is 0 Å². The van der Waals surface area contributed by atoms with Crippen molar-refractivity contribution < 1.29 is 0 Å². The summed E-state index contributed by atoms with van der Waals surface area (Å²) in [7, 11) is -1.10. The molecule has 1 saturated heterocycles. The number of rotatable bonds is 3. The van der Waals surface area contributed by atoms with E-state index in [0.29, 0.717) is 0 Å². The molecule has 0 radical (unpaired) electrons. The monoisotopic (exact) mass is 315 g/mol. The minimum Gasteiger partial charge on any atom is -0.148 e. The molecule has 21 heavy (non-hydrogen) atoms. The van der Waals surface area contributed by atoms with Crippen molar-refractivity contribution in [3.63, 3.8) is 0 Å². The summed E-state index contributed by atoms with van der Waals surface area (Å²) >= 11 is 2.18. The van der Waals surface area contributed by atoms with Gasteiger partial charge >= 0.3 is 0 Å². The van der Waals surface area contributed by atoms with Crippen LogP contribution < -0.4 is 5.30 Å². The van der Waals surface area contributed by atoms with E-state index in [1.807, 2.05) is 0 Å². The molecule has 0 saturated carbocycles. The van der Waals surface area contributed by atoms with E-state index >= 15 is 0 Å². The molecule has 0 aliphatic carbocycles. The zero-order valence-corrected chi connectivity index (χ0v) is 14.6. The lowest BCUT2D eigenvalue weighted by atomic mass is 10.2. The fraction of sp³-hybridized carbons (Fsp3) is 0.368. The van der Waals surface area contributed by atoms with E-state index in [0.717, 1.165) is 10.5 Å². The van der Waals surface area contributed by atoms with E-state index in [2.05, 4.69) is 86.3 Å². The molecule has 2 heteroatoms. The normalized spacial score (nSPS) is 29.2. The van der Waals surface area contributed by atoms with Gasteiger partial charge in [-0.25, -0.2) is 0 Å². The molecule has 1 aliphatic rings. The summed E-state index contributed by atoms with van der Waals surface area (Å²) in [4.78, 5) is 0. The van der Waals surface area contributed by atoms with Crippen LogP contribution >= 0.6 is 19.0 Å². The molecule has 110 valence electrons. The first-order valence-corrected chi connectivity index (χ1v) is 11.1. The highest BCUT2D eigenvalue weighted by Crippen LogP contribution is 2.65. The van der Waals surface area contributed by atoms with Gasteiger partial charge in [-0.2, -0.15) is 0 Å². The van der Waals surface area contributed by atoms with Crippen molar-refractivity contribution in [3.05, 3.63) is 66.2 Å². The molecule has 0 aromatic heterocycles. The Balaban J connectivity index is 1.98. The second kappa shape index (κ2) is 6.55. The first kappa shape index (κ1) is 15.1. The van der Waals surface area contributed by atoms with Crippen molar-refractivity contribution in [1.82, 2.24) is 0 Å². The van der Waals surface area contributed by atoms with Gasteiger partial charge in [0.15, 0.2) is 0 Å². The number of hydrogen-bond donors (Lipinski definition) is 0. The second-order valence-electron chi connectivity index (χ2n) is 6.25. The van der Waals surface area contributed by atoms with Crippen LogP contribution in [-0.4, -0.2) is 22.8 Å². The highest BCUT2D eigenvalue weighted by molar-refractivity contribution is 8.02. The molecule has 1 unspecified atom stereocenters. The molecule has 0 spiro atoms. The summed E-state index contributed by atoms with van der Waals surface area (Å²) < 4.78 is 0. The molecule has 0 bridgehead atoms. The fourth-order valence-corrected chi connectivity index (χ4v) is 11.5. The minimum atomic E-state index is -1.10. The Labute approximate surface area is 133 Å². The van der Waals surface area contributed by atoms with Gasteiger partial charge in [-0.1, -0.05) is 48.5 Å². The first-order chi connectivity index (χ1) is 10.2. The SMILES string of the molecule is C[C@@H]1C[P+](Cc2ccccc2)(c2ccccc2)C[C@H](C)S1. The maximum absolute atomic E-state index is 2.42. The summed E-state index contributed by atoms with van der Waals surface area (Å²) in [6.07, 6.45) is 4.05. The van der Waals surface area contributed by atoms with Gasteiger partial charge in [0.1, 0.15) is 0 Å².